The zero-order valence-corrected chi connectivity index (χ0v) is 11.0. The van der Waals surface area contributed by atoms with E-state index in [1.807, 2.05) is 0 Å². The van der Waals surface area contributed by atoms with Gasteiger partial charge in [-0.25, -0.2) is 18.7 Å². The maximum absolute atomic E-state index is 12.1. The van der Waals surface area contributed by atoms with E-state index in [9.17, 15) is 13.6 Å². The highest BCUT2D eigenvalue weighted by molar-refractivity contribution is 5.90. The molecule has 110 valence electrons. The molecule has 5 nitrogen and oxygen atoms in total. The van der Waals surface area contributed by atoms with Crippen molar-refractivity contribution in [2.45, 2.75) is 13.0 Å². The molecule has 1 heterocycles. The Morgan fingerprint density at radius 1 is 1.24 bits per heavy atom. The number of hydrogen-bond donors (Lipinski definition) is 1. The Morgan fingerprint density at radius 2 is 2.00 bits per heavy atom. The summed E-state index contributed by atoms with van der Waals surface area (Å²) in [5.41, 5.74) is 0.728. The number of hydrogen-bond acceptors (Lipinski definition) is 4. The number of carbonyl (C=O) groups excluding carboxylic acids is 1. The highest BCUT2D eigenvalue weighted by atomic mass is 19.3. The maximum Gasteiger partial charge on any atom is 0.289 e. The first-order chi connectivity index (χ1) is 10.1. The summed E-state index contributed by atoms with van der Waals surface area (Å²) in [6, 6.07) is 8.20. The zero-order chi connectivity index (χ0) is 15.1. The van der Waals surface area contributed by atoms with Gasteiger partial charge < -0.3 is 10.1 Å². The highest BCUT2D eigenvalue weighted by Crippen LogP contribution is 2.14. The van der Waals surface area contributed by atoms with Crippen molar-refractivity contribution in [3.63, 3.8) is 0 Å². The fourth-order valence-electron chi connectivity index (χ4n) is 1.58. The van der Waals surface area contributed by atoms with E-state index >= 15 is 0 Å². The third-order valence-electron chi connectivity index (χ3n) is 2.50. The lowest BCUT2D eigenvalue weighted by atomic mass is 10.2. The van der Waals surface area contributed by atoms with Crippen LogP contribution < -0.4 is 10.1 Å². The molecule has 21 heavy (non-hydrogen) atoms. The zero-order valence-electron chi connectivity index (χ0n) is 11.0. The first-order valence-electron chi connectivity index (χ1n) is 6.20. The van der Waals surface area contributed by atoms with Crippen molar-refractivity contribution in [2.75, 3.05) is 6.61 Å². The summed E-state index contributed by atoms with van der Waals surface area (Å²) >= 11 is 0. The molecule has 2 aromatic rings. The SMILES string of the molecule is O=C(NCc1cccc(OCC(F)F)c1)c1ncccn1. The lowest BCUT2D eigenvalue weighted by Crippen LogP contribution is -2.24. The first kappa shape index (κ1) is 14.8. The topological polar surface area (TPSA) is 64.1 Å². The van der Waals surface area contributed by atoms with Gasteiger partial charge in [0, 0.05) is 18.9 Å². The minimum Gasteiger partial charge on any atom is -0.488 e. The van der Waals surface area contributed by atoms with E-state index in [-0.39, 0.29) is 12.4 Å². The lowest BCUT2D eigenvalue weighted by Gasteiger charge is -2.08. The van der Waals surface area contributed by atoms with Crippen molar-refractivity contribution in [2.24, 2.45) is 0 Å². The van der Waals surface area contributed by atoms with Crippen molar-refractivity contribution in [3.05, 3.63) is 54.1 Å². The smallest absolute Gasteiger partial charge is 0.289 e. The molecular formula is C14H13F2N3O2. The summed E-state index contributed by atoms with van der Waals surface area (Å²) in [5, 5.41) is 2.64. The molecule has 0 aliphatic carbocycles. The molecule has 0 unspecified atom stereocenters. The summed E-state index contributed by atoms with van der Waals surface area (Å²) in [6.07, 6.45) is 0.421. The van der Waals surface area contributed by atoms with E-state index in [1.165, 1.54) is 12.4 Å². The Kier molecular flexibility index (Phi) is 5.14. The molecule has 0 radical (unpaired) electrons. The standard InChI is InChI=1S/C14H13F2N3O2/c15-12(16)9-21-11-4-1-3-10(7-11)8-19-14(20)13-17-5-2-6-18-13/h1-7,12H,8-9H2,(H,19,20). The molecule has 7 heteroatoms. The average molecular weight is 293 g/mol. The van der Waals surface area contributed by atoms with Gasteiger partial charge in [-0.05, 0) is 23.8 Å². The molecule has 1 N–H and O–H groups in total. The van der Waals surface area contributed by atoms with Gasteiger partial charge in [0.25, 0.3) is 12.3 Å². The molecular weight excluding hydrogens is 280 g/mol. The largest absolute Gasteiger partial charge is 0.488 e. The van der Waals surface area contributed by atoms with Crippen LogP contribution in [0.15, 0.2) is 42.7 Å². The fraction of sp³-hybridized carbons (Fsp3) is 0.214. The normalized spacial score (nSPS) is 10.4. The number of carbonyl (C=O) groups is 1. The highest BCUT2D eigenvalue weighted by Gasteiger charge is 2.08. The molecule has 0 fully saturated rings. The quantitative estimate of drug-likeness (QED) is 0.885. The second kappa shape index (κ2) is 7.28. The van der Waals surface area contributed by atoms with Gasteiger partial charge >= 0.3 is 0 Å². The van der Waals surface area contributed by atoms with E-state index in [0.29, 0.717) is 5.75 Å². The molecule has 1 amide bonds. The number of halogens is 2. The number of amides is 1. The van der Waals surface area contributed by atoms with Gasteiger partial charge in [-0.3, -0.25) is 4.79 Å². The number of benzene rings is 1. The number of rotatable bonds is 6. The molecule has 0 saturated carbocycles. The van der Waals surface area contributed by atoms with E-state index < -0.39 is 18.9 Å². The van der Waals surface area contributed by atoms with Crippen LogP contribution in [0.25, 0.3) is 0 Å². The van der Waals surface area contributed by atoms with Crippen molar-refractivity contribution in [1.82, 2.24) is 15.3 Å². The summed E-state index contributed by atoms with van der Waals surface area (Å²) in [5.74, 6) is -0.00452. The molecule has 1 aromatic carbocycles. The van der Waals surface area contributed by atoms with Gasteiger partial charge in [0.2, 0.25) is 5.82 Å². The van der Waals surface area contributed by atoms with E-state index in [2.05, 4.69) is 15.3 Å². The predicted octanol–water partition coefficient (Wildman–Crippen LogP) is 2.05. The minimum atomic E-state index is -2.52. The first-order valence-corrected chi connectivity index (χ1v) is 6.20. The fourth-order valence-corrected chi connectivity index (χ4v) is 1.58. The Bertz CT molecular complexity index is 594. The van der Waals surface area contributed by atoms with E-state index in [4.69, 9.17) is 4.74 Å². The van der Waals surface area contributed by atoms with Crippen LogP contribution in [-0.2, 0) is 6.54 Å². The number of aromatic nitrogens is 2. The molecule has 2 rings (SSSR count). The van der Waals surface area contributed by atoms with E-state index in [1.54, 1.807) is 30.3 Å². The summed E-state index contributed by atoms with van der Waals surface area (Å²) < 4.78 is 29.0. The second-order valence-corrected chi connectivity index (χ2v) is 4.10. The predicted molar refractivity (Wildman–Crippen MR) is 71.1 cm³/mol. The Morgan fingerprint density at radius 3 is 2.71 bits per heavy atom. The van der Waals surface area contributed by atoms with Crippen LogP contribution in [0.4, 0.5) is 8.78 Å². The van der Waals surface area contributed by atoms with Gasteiger partial charge in [-0.1, -0.05) is 12.1 Å². The lowest BCUT2D eigenvalue weighted by molar-refractivity contribution is 0.0818. The van der Waals surface area contributed by atoms with Crippen LogP contribution in [0.5, 0.6) is 5.75 Å². The Labute approximate surface area is 120 Å². The van der Waals surface area contributed by atoms with Crippen molar-refractivity contribution in [3.8, 4) is 5.75 Å². The average Bonchev–Trinajstić information content (AvgIpc) is 2.52. The monoisotopic (exact) mass is 293 g/mol. The molecule has 0 spiro atoms. The molecule has 0 aliphatic rings. The van der Waals surface area contributed by atoms with Crippen LogP contribution in [0.2, 0.25) is 0 Å². The molecule has 0 atom stereocenters. The molecule has 1 aromatic heterocycles. The van der Waals surface area contributed by atoms with Crippen LogP contribution >= 0.6 is 0 Å². The van der Waals surface area contributed by atoms with Crippen LogP contribution in [0.3, 0.4) is 0 Å². The van der Waals surface area contributed by atoms with Crippen LogP contribution in [0.1, 0.15) is 16.2 Å². The van der Waals surface area contributed by atoms with Crippen LogP contribution in [-0.4, -0.2) is 28.9 Å². The van der Waals surface area contributed by atoms with E-state index in [0.717, 1.165) is 5.56 Å². The molecule has 0 bridgehead atoms. The number of nitrogens with one attached hydrogen (secondary N) is 1. The van der Waals surface area contributed by atoms with Crippen LogP contribution in [0, 0.1) is 0 Å². The number of alkyl halides is 2. The summed E-state index contributed by atoms with van der Waals surface area (Å²) in [4.78, 5) is 19.4. The Hall–Kier alpha value is -2.57. The van der Waals surface area contributed by atoms with Gasteiger partial charge in [0.15, 0.2) is 0 Å². The van der Waals surface area contributed by atoms with Gasteiger partial charge in [-0.2, -0.15) is 0 Å². The van der Waals surface area contributed by atoms with Crippen molar-refractivity contribution < 1.29 is 18.3 Å². The Balaban J connectivity index is 1.91. The number of nitrogens with zero attached hydrogens (tertiary/aromatic N) is 2. The van der Waals surface area contributed by atoms with Gasteiger partial charge in [0.1, 0.15) is 12.4 Å². The molecule has 0 aliphatic heterocycles. The number of ether oxygens (including phenoxy) is 1. The van der Waals surface area contributed by atoms with Gasteiger partial charge in [-0.15, -0.1) is 0 Å². The second-order valence-electron chi connectivity index (χ2n) is 4.10. The third kappa shape index (κ3) is 4.79. The minimum absolute atomic E-state index is 0.0719. The third-order valence-corrected chi connectivity index (χ3v) is 2.50. The summed E-state index contributed by atoms with van der Waals surface area (Å²) in [7, 11) is 0. The van der Waals surface area contributed by atoms with Crippen molar-refractivity contribution >= 4 is 5.91 Å². The van der Waals surface area contributed by atoms with Crippen molar-refractivity contribution in [1.29, 1.82) is 0 Å². The summed E-state index contributed by atoms with van der Waals surface area (Å²) in [6.45, 7) is -0.434. The maximum atomic E-state index is 12.1. The molecule has 0 saturated heterocycles. The van der Waals surface area contributed by atoms with Gasteiger partial charge in [0.05, 0.1) is 0 Å².